The fourth-order valence-electron chi connectivity index (χ4n) is 3.10. The zero-order valence-corrected chi connectivity index (χ0v) is 17.8. The van der Waals surface area contributed by atoms with Gasteiger partial charge in [0.2, 0.25) is 11.8 Å². The van der Waals surface area contributed by atoms with Crippen LogP contribution in [0.15, 0.2) is 77.7 Å². The summed E-state index contributed by atoms with van der Waals surface area (Å²) < 4.78 is 0. The normalized spacial score (nSPS) is 14.9. The molecule has 0 fully saturated rings. The number of benzene rings is 3. The van der Waals surface area contributed by atoms with Crippen LogP contribution in [0, 0.1) is 0 Å². The predicted molar refractivity (Wildman–Crippen MR) is 124 cm³/mol. The molecule has 1 aliphatic rings. The zero-order chi connectivity index (χ0) is 21.8. The lowest BCUT2D eigenvalue weighted by Gasteiger charge is -2.23. The van der Waals surface area contributed by atoms with Crippen LogP contribution in [-0.4, -0.2) is 23.0 Å². The standard InChI is InChI=1S/C23H18ClN3O3S/c24-15-9-10-19-18(11-15)27-23(30)20(31-19)13-21(28)25-16-7-4-8-17(12-16)26-22(29)14-5-2-1-3-6-14/h1-12,20H,13H2,(H,25,28)(H,26,29)(H,27,30). The lowest BCUT2D eigenvalue weighted by Crippen LogP contribution is -2.32. The molecule has 1 atom stereocenters. The number of carbonyl (C=O) groups excluding carboxylic acids is 3. The summed E-state index contributed by atoms with van der Waals surface area (Å²) >= 11 is 7.30. The first-order valence-corrected chi connectivity index (χ1v) is 10.8. The Labute approximate surface area is 188 Å². The zero-order valence-electron chi connectivity index (χ0n) is 16.2. The molecule has 0 saturated heterocycles. The van der Waals surface area contributed by atoms with Crippen molar-refractivity contribution in [2.45, 2.75) is 16.6 Å². The van der Waals surface area contributed by atoms with Crippen LogP contribution in [0.2, 0.25) is 5.02 Å². The molecule has 156 valence electrons. The first-order valence-electron chi connectivity index (χ1n) is 9.51. The van der Waals surface area contributed by atoms with Gasteiger partial charge >= 0.3 is 0 Å². The van der Waals surface area contributed by atoms with Crippen molar-refractivity contribution in [1.82, 2.24) is 0 Å². The Hall–Kier alpha value is -3.29. The van der Waals surface area contributed by atoms with Crippen LogP contribution < -0.4 is 16.0 Å². The van der Waals surface area contributed by atoms with Crippen molar-refractivity contribution in [2.75, 3.05) is 16.0 Å². The second kappa shape index (κ2) is 9.24. The minimum atomic E-state index is -0.547. The van der Waals surface area contributed by atoms with Gasteiger partial charge in [-0.1, -0.05) is 35.9 Å². The van der Waals surface area contributed by atoms with E-state index in [4.69, 9.17) is 11.6 Å². The third-order valence-electron chi connectivity index (χ3n) is 4.57. The second-order valence-corrected chi connectivity index (χ2v) is 8.57. The van der Waals surface area contributed by atoms with E-state index in [0.29, 0.717) is 27.6 Å². The van der Waals surface area contributed by atoms with Crippen molar-refractivity contribution in [3.63, 3.8) is 0 Å². The Morgan fingerprint density at radius 1 is 0.935 bits per heavy atom. The van der Waals surface area contributed by atoms with E-state index in [0.717, 1.165) is 4.90 Å². The summed E-state index contributed by atoms with van der Waals surface area (Å²) in [5.41, 5.74) is 2.28. The molecular weight excluding hydrogens is 434 g/mol. The van der Waals surface area contributed by atoms with Crippen molar-refractivity contribution in [3.8, 4) is 0 Å². The summed E-state index contributed by atoms with van der Waals surface area (Å²) in [7, 11) is 0. The van der Waals surface area contributed by atoms with E-state index in [1.807, 2.05) is 12.1 Å². The van der Waals surface area contributed by atoms with Gasteiger partial charge in [0.25, 0.3) is 5.91 Å². The Bertz CT molecular complexity index is 1150. The third-order valence-corrected chi connectivity index (χ3v) is 6.08. The maximum atomic E-state index is 12.5. The van der Waals surface area contributed by atoms with Crippen LogP contribution in [0.3, 0.4) is 0 Å². The highest BCUT2D eigenvalue weighted by molar-refractivity contribution is 8.01. The fourth-order valence-corrected chi connectivity index (χ4v) is 4.37. The lowest BCUT2D eigenvalue weighted by atomic mass is 10.2. The molecule has 4 rings (SSSR count). The summed E-state index contributed by atoms with van der Waals surface area (Å²) in [4.78, 5) is 38.1. The molecule has 0 bridgehead atoms. The quantitative estimate of drug-likeness (QED) is 0.507. The van der Waals surface area contributed by atoms with Gasteiger partial charge in [0, 0.05) is 33.3 Å². The van der Waals surface area contributed by atoms with Gasteiger partial charge in [-0.05, 0) is 48.5 Å². The van der Waals surface area contributed by atoms with Crippen LogP contribution in [0.25, 0.3) is 0 Å². The maximum Gasteiger partial charge on any atom is 0.255 e. The van der Waals surface area contributed by atoms with E-state index in [9.17, 15) is 14.4 Å². The Morgan fingerprint density at radius 2 is 1.68 bits per heavy atom. The van der Waals surface area contributed by atoms with Gasteiger partial charge in [-0.3, -0.25) is 14.4 Å². The highest BCUT2D eigenvalue weighted by Gasteiger charge is 2.29. The number of hydrogen-bond acceptors (Lipinski definition) is 4. The number of amides is 3. The van der Waals surface area contributed by atoms with Crippen molar-refractivity contribution in [1.29, 1.82) is 0 Å². The van der Waals surface area contributed by atoms with Crippen LogP contribution in [0.1, 0.15) is 16.8 Å². The molecule has 3 aromatic carbocycles. The lowest BCUT2D eigenvalue weighted by molar-refractivity contribution is -0.120. The topological polar surface area (TPSA) is 87.3 Å². The molecule has 0 aromatic heterocycles. The molecule has 0 spiro atoms. The second-order valence-electron chi connectivity index (χ2n) is 6.89. The van der Waals surface area contributed by atoms with Gasteiger partial charge in [-0.25, -0.2) is 0 Å². The molecule has 31 heavy (non-hydrogen) atoms. The van der Waals surface area contributed by atoms with Crippen molar-refractivity contribution in [2.24, 2.45) is 0 Å². The monoisotopic (exact) mass is 451 g/mol. The first kappa shape index (κ1) is 21.0. The number of halogens is 1. The van der Waals surface area contributed by atoms with E-state index in [2.05, 4.69) is 16.0 Å². The van der Waals surface area contributed by atoms with Gasteiger partial charge < -0.3 is 16.0 Å². The number of thioether (sulfide) groups is 1. The summed E-state index contributed by atoms with van der Waals surface area (Å²) in [6, 6.07) is 21.0. The summed E-state index contributed by atoms with van der Waals surface area (Å²) in [6.45, 7) is 0. The molecule has 0 aliphatic carbocycles. The molecule has 1 unspecified atom stereocenters. The van der Waals surface area contributed by atoms with E-state index in [1.165, 1.54) is 11.8 Å². The molecule has 1 aliphatic heterocycles. The molecular formula is C23H18ClN3O3S. The van der Waals surface area contributed by atoms with Crippen molar-refractivity contribution in [3.05, 3.63) is 83.4 Å². The van der Waals surface area contributed by atoms with Gasteiger partial charge in [-0.15, -0.1) is 11.8 Å². The number of hydrogen-bond donors (Lipinski definition) is 3. The largest absolute Gasteiger partial charge is 0.326 e. The molecule has 6 nitrogen and oxygen atoms in total. The average molecular weight is 452 g/mol. The molecule has 3 amide bonds. The summed E-state index contributed by atoms with van der Waals surface area (Å²) in [5, 5.41) is 8.38. The number of nitrogens with one attached hydrogen (secondary N) is 3. The van der Waals surface area contributed by atoms with Gasteiger partial charge in [0.1, 0.15) is 0 Å². The van der Waals surface area contributed by atoms with Crippen molar-refractivity contribution >= 4 is 58.1 Å². The third kappa shape index (κ3) is 5.25. The molecule has 0 saturated carbocycles. The molecule has 3 N–H and O–H groups in total. The van der Waals surface area contributed by atoms with Crippen LogP contribution in [-0.2, 0) is 9.59 Å². The minimum Gasteiger partial charge on any atom is -0.326 e. The predicted octanol–water partition coefficient (Wildman–Crippen LogP) is 5.03. The molecule has 3 aromatic rings. The molecule has 8 heteroatoms. The average Bonchev–Trinajstić information content (AvgIpc) is 2.75. The maximum absolute atomic E-state index is 12.5. The van der Waals surface area contributed by atoms with Crippen molar-refractivity contribution < 1.29 is 14.4 Å². The highest BCUT2D eigenvalue weighted by Crippen LogP contribution is 2.38. The van der Waals surface area contributed by atoms with Crippen LogP contribution in [0.5, 0.6) is 0 Å². The Balaban J connectivity index is 1.38. The summed E-state index contributed by atoms with van der Waals surface area (Å²) in [5.74, 6) is -0.770. The van der Waals surface area contributed by atoms with E-state index in [1.54, 1.807) is 60.7 Å². The van der Waals surface area contributed by atoms with Gasteiger partial charge in [0.05, 0.1) is 10.9 Å². The Kier molecular flexibility index (Phi) is 6.25. The summed E-state index contributed by atoms with van der Waals surface area (Å²) in [6.07, 6.45) is 0.0131. The molecule has 1 heterocycles. The van der Waals surface area contributed by atoms with E-state index < -0.39 is 5.25 Å². The van der Waals surface area contributed by atoms with Gasteiger partial charge in [-0.2, -0.15) is 0 Å². The number of fused-ring (bicyclic) bond motifs is 1. The number of rotatable bonds is 5. The first-order chi connectivity index (χ1) is 15.0. The number of carbonyl (C=O) groups is 3. The van der Waals surface area contributed by atoms with Gasteiger partial charge in [0.15, 0.2) is 0 Å². The minimum absolute atomic E-state index is 0.0131. The van der Waals surface area contributed by atoms with Crippen LogP contribution in [0.4, 0.5) is 17.1 Å². The van der Waals surface area contributed by atoms with E-state index >= 15 is 0 Å². The smallest absolute Gasteiger partial charge is 0.255 e. The Morgan fingerprint density at radius 3 is 2.45 bits per heavy atom. The molecule has 0 radical (unpaired) electrons. The highest BCUT2D eigenvalue weighted by atomic mass is 35.5. The number of anilines is 3. The SMILES string of the molecule is O=C(CC1Sc2ccc(Cl)cc2NC1=O)Nc1cccc(NC(=O)c2ccccc2)c1. The van der Waals surface area contributed by atoms with E-state index in [-0.39, 0.29) is 24.1 Å². The fraction of sp³-hybridized carbons (Fsp3) is 0.0870. The van der Waals surface area contributed by atoms with Crippen LogP contribution >= 0.6 is 23.4 Å².